The Labute approximate surface area is 216 Å². The van der Waals surface area contributed by atoms with Crippen LogP contribution in [-0.2, 0) is 22.6 Å². The van der Waals surface area contributed by atoms with Gasteiger partial charge in [-0.25, -0.2) is 0 Å². The molecule has 8 heteroatoms. The molecule has 0 atom stereocenters. The van der Waals surface area contributed by atoms with E-state index in [0.29, 0.717) is 23.6 Å². The first-order chi connectivity index (χ1) is 16.9. The zero-order valence-electron chi connectivity index (χ0n) is 19.0. The van der Waals surface area contributed by atoms with Crippen LogP contribution in [0.2, 0.25) is 0 Å². The monoisotopic (exact) mass is 550 g/mol. The molecule has 1 N–H and O–H groups in total. The molecule has 3 aromatic carbocycles. The highest BCUT2D eigenvalue weighted by molar-refractivity contribution is 9.10. The third-order valence-electron chi connectivity index (χ3n) is 5.32. The first-order valence-corrected chi connectivity index (χ1v) is 12.6. The Morgan fingerprint density at radius 1 is 1.03 bits per heavy atom. The number of benzene rings is 3. The fourth-order valence-electron chi connectivity index (χ4n) is 3.44. The topological polar surface area (TPSA) is 75.7 Å². The summed E-state index contributed by atoms with van der Waals surface area (Å²) in [6, 6.07) is 22.7. The average molecular weight is 551 g/mol. The molecular formula is C27H23BrN2O4S. The van der Waals surface area contributed by atoms with Gasteiger partial charge in [-0.1, -0.05) is 65.3 Å². The Hall–Kier alpha value is -3.36. The number of rotatable bonds is 8. The Morgan fingerprint density at radius 3 is 2.49 bits per heavy atom. The van der Waals surface area contributed by atoms with Crippen molar-refractivity contribution in [1.82, 2.24) is 4.90 Å². The lowest BCUT2D eigenvalue weighted by Gasteiger charge is -2.13. The molecule has 178 valence electrons. The van der Waals surface area contributed by atoms with E-state index in [2.05, 4.69) is 21.2 Å². The van der Waals surface area contributed by atoms with Crippen LogP contribution in [0.4, 0.5) is 10.5 Å². The van der Waals surface area contributed by atoms with E-state index in [1.807, 2.05) is 61.5 Å². The van der Waals surface area contributed by atoms with Crippen molar-refractivity contribution < 1.29 is 19.1 Å². The maximum atomic E-state index is 13.0. The van der Waals surface area contributed by atoms with Crippen molar-refractivity contribution in [3.63, 3.8) is 0 Å². The van der Waals surface area contributed by atoms with Gasteiger partial charge in [-0.15, -0.1) is 0 Å². The number of aryl methyl sites for hydroxylation is 1. The largest absolute Gasteiger partial charge is 0.488 e. The molecule has 1 heterocycles. The first-order valence-electron chi connectivity index (χ1n) is 11.0. The number of halogens is 1. The van der Waals surface area contributed by atoms with Gasteiger partial charge in [-0.05, 0) is 65.7 Å². The lowest BCUT2D eigenvalue weighted by atomic mass is 10.1. The van der Waals surface area contributed by atoms with Crippen molar-refractivity contribution in [2.45, 2.75) is 20.0 Å². The summed E-state index contributed by atoms with van der Waals surface area (Å²) < 4.78 is 6.78. The van der Waals surface area contributed by atoms with Gasteiger partial charge in [0.2, 0.25) is 5.91 Å². The van der Waals surface area contributed by atoms with Gasteiger partial charge in [0.1, 0.15) is 18.9 Å². The summed E-state index contributed by atoms with van der Waals surface area (Å²) in [4.78, 5) is 39.1. The highest BCUT2D eigenvalue weighted by Gasteiger charge is 2.36. The number of carbonyl (C=O) groups excluding carboxylic acids is 3. The number of hydrogen-bond acceptors (Lipinski definition) is 5. The first kappa shape index (κ1) is 24.8. The number of carbonyl (C=O) groups is 3. The molecule has 1 saturated heterocycles. The molecule has 0 spiro atoms. The quantitative estimate of drug-likeness (QED) is 0.334. The second-order valence-corrected chi connectivity index (χ2v) is 9.73. The lowest BCUT2D eigenvalue weighted by Crippen LogP contribution is -2.36. The van der Waals surface area contributed by atoms with E-state index in [4.69, 9.17) is 4.74 Å². The van der Waals surface area contributed by atoms with E-state index in [1.165, 1.54) is 0 Å². The normalized spacial score (nSPS) is 14.5. The van der Waals surface area contributed by atoms with E-state index in [1.54, 1.807) is 24.3 Å². The number of amides is 3. The third kappa shape index (κ3) is 6.41. The van der Waals surface area contributed by atoms with Crippen molar-refractivity contribution in [2.75, 3.05) is 11.9 Å². The van der Waals surface area contributed by atoms with Crippen molar-refractivity contribution in [1.29, 1.82) is 0 Å². The van der Waals surface area contributed by atoms with Gasteiger partial charge < -0.3 is 10.1 Å². The predicted octanol–water partition coefficient (Wildman–Crippen LogP) is 6.27. The SMILES string of the molecule is CCc1ccc(NC(=O)CN2C(=O)S/C(=C\c3cc(Br)ccc3OCc3ccccc3)C2=O)cc1. The number of nitrogens with zero attached hydrogens (tertiary/aromatic N) is 1. The fourth-order valence-corrected chi connectivity index (χ4v) is 4.65. The number of hydrogen-bond donors (Lipinski definition) is 1. The molecule has 0 bridgehead atoms. The summed E-state index contributed by atoms with van der Waals surface area (Å²) in [6.07, 6.45) is 2.52. The van der Waals surface area contributed by atoms with Crippen LogP contribution in [0.1, 0.15) is 23.6 Å². The summed E-state index contributed by atoms with van der Waals surface area (Å²) in [5.74, 6) is -0.366. The number of imide groups is 1. The van der Waals surface area contributed by atoms with E-state index in [9.17, 15) is 14.4 Å². The second kappa shape index (κ2) is 11.4. The summed E-state index contributed by atoms with van der Waals surface area (Å²) in [7, 11) is 0. The summed E-state index contributed by atoms with van der Waals surface area (Å²) in [5.41, 5.74) is 3.43. The van der Waals surface area contributed by atoms with E-state index in [0.717, 1.165) is 38.7 Å². The van der Waals surface area contributed by atoms with Crippen LogP contribution in [0.15, 0.2) is 82.2 Å². The molecule has 0 aliphatic carbocycles. The van der Waals surface area contributed by atoms with Crippen LogP contribution in [0.25, 0.3) is 6.08 Å². The fraction of sp³-hybridized carbons (Fsp3) is 0.148. The molecule has 3 aromatic rings. The molecule has 0 aromatic heterocycles. The van der Waals surface area contributed by atoms with E-state index < -0.39 is 17.1 Å². The molecule has 1 fully saturated rings. The Morgan fingerprint density at radius 2 is 1.77 bits per heavy atom. The molecule has 3 amide bonds. The summed E-state index contributed by atoms with van der Waals surface area (Å²) in [5, 5.41) is 2.25. The van der Waals surface area contributed by atoms with Crippen molar-refractivity contribution in [3.05, 3.63) is 98.9 Å². The number of ether oxygens (including phenoxy) is 1. The molecule has 1 aliphatic rings. The van der Waals surface area contributed by atoms with Gasteiger partial charge >= 0.3 is 0 Å². The van der Waals surface area contributed by atoms with Gasteiger partial charge in [0.25, 0.3) is 11.1 Å². The van der Waals surface area contributed by atoms with Gasteiger partial charge in [0.15, 0.2) is 0 Å². The van der Waals surface area contributed by atoms with Crippen LogP contribution in [-0.4, -0.2) is 28.5 Å². The molecule has 0 unspecified atom stereocenters. The van der Waals surface area contributed by atoms with E-state index in [-0.39, 0.29) is 11.4 Å². The van der Waals surface area contributed by atoms with Gasteiger partial charge in [0.05, 0.1) is 4.91 Å². The molecule has 35 heavy (non-hydrogen) atoms. The van der Waals surface area contributed by atoms with Gasteiger partial charge in [0, 0.05) is 15.7 Å². The lowest BCUT2D eigenvalue weighted by molar-refractivity contribution is -0.127. The zero-order chi connectivity index (χ0) is 24.8. The smallest absolute Gasteiger partial charge is 0.294 e. The minimum absolute atomic E-state index is 0.234. The van der Waals surface area contributed by atoms with Crippen LogP contribution in [0.3, 0.4) is 0 Å². The minimum Gasteiger partial charge on any atom is -0.488 e. The Kier molecular flexibility index (Phi) is 8.05. The van der Waals surface area contributed by atoms with Crippen LogP contribution >= 0.6 is 27.7 Å². The highest BCUT2D eigenvalue weighted by atomic mass is 79.9. The third-order valence-corrected chi connectivity index (χ3v) is 6.72. The second-order valence-electron chi connectivity index (χ2n) is 7.82. The average Bonchev–Trinajstić information content (AvgIpc) is 3.12. The molecule has 4 rings (SSSR count). The van der Waals surface area contributed by atoms with Gasteiger partial charge in [-0.2, -0.15) is 0 Å². The highest BCUT2D eigenvalue weighted by Crippen LogP contribution is 2.35. The van der Waals surface area contributed by atoms with Crippen molar-refractivity contribution >= 4 is 56.5 Å². The summed E-state index contributed by atoms with van der Waals surface area (Å²) in [6.45, 7) is 2.06. The van der Waals surface area contributed by atoms with Crippen molar-refractivity contribution in [3.8, 4) is 5.75 Å². The van der Waals surface area contributed by atoms with Crippen molar-refractivity contribution in [2.24, 2.45) is 0 Å². The van der Waals surface area contributed by atoms with E-state index >= 15 is 0 Å². The van der Waals surface area contributed by atoms with Gasteiger partial charge in [-0.3, -0.25) is 19.3 Å². The molecule has 1 aliphatic heterocycles. The number of thioether (sulfide) groups is 1. The zero-order valence-corrected chi connectivity index (χ0v) is 21.4. The molecule has 0 radical (unpaired) electrons. The Balaban J connectivity index is 1.46. The molecule has 0 saturated carbocycles. The van der Waals surface area contributed by atoms with Crippen LogP contribution in [0.5, 0.6) is 5.75 Å². The molecular weight excluding hydrogens is 528 g/mol. The standard InChI is InChI=1S/C27H23BrN2O4S/c1-2-18-8-11-22(12-9-18)29-25(31)16-30-26(32)24(35-27(30)33)15-20-14-21(28)10-13-23(20)34-17-19-6-4-3-5-7-19/h3-15H,2,16-17H2,1H3,(H,29,31)/b24-15-. The number of anilines is 1. The molecule has 6 nitrogen and oxygen atoms in total. The Bertz CT molecular complexity index is 1280. The summed E-state index contributed by atoms with van der Waals surface area (Å²) >= 11 is 4.25. The maximum absolute atomic E-state index is 13.0. The number of nitrogens with one attached hydrogen (secondary N) is 1. The van der Waals surface area contributed by atoms with Crippen LogP contribution < -0.4 is 10.1 Å². The predicted molar refractivity (Wildman–Crippen MR) is 142 cm³/mol. The minimum atomic E-state index is -0.509. The maximum Gasteiger partial charge on any atom is 0.294 e. The van der Waals surface area contributed by atoms with Crippen LogP contribution in [0, 0.1) is 0 Å².